The van der Waals surface area contributed by atoms with Crippen LogP contribution in [-0.4, -0.2) is 5.78 Å². The summed E-state index contributed by atoms with van der Waals surface area (Å²) in [5, 5.41) is 8.90. The number of nitrogens with zero attached hydrogens (tertiary/aromatic N) is 2. The predicted octanol–water partition coefficient (Wildman–Crippen LogP) is 3.26. The molecule has 0 unspecified atom stereocenters. The van der Waals surface area contributed by atoms with Gasteiger partial charge in [-0.05, 0) is 19.1 Å². The predicted molar refractivity (Wildman–Crippen MR) is 63.6 cm³/mol. The minimum atomic E-state index is -0.863. The van der Waals surface area contributed by atoms with Crippen molar-refractivity contribution in [1.82, 2.24) is 0 Å². The molecule has 0 fully saturated rings. The summed E-state index contributed by atoms with van der Waals surface area (Å²) in [7, 11) is 0. The first-order chi connectivity index (χ1) is 9.06. The number of halogens is 2. The highest BCUT2D eigenvalue weighted by Crippen LogP contribution is 2.41. The van der Waals surface area contributed by atoms with Crippen molar-refractivity contribution >= 4 is 11.4 Å². The van der Waals surface area contributed by atoms with Gasteiger partial charge in [0.25, 0.3) is 5.70 Å². The summed E-state index contributed by atoms with van der Waals surface area (Å²) in [6.45, 7) is 8.42. The molecule has 1 aromatic rings. The minimum Gasteiger partial charge on any atom is -0.289 e. The fourth-order valence-corrected chi connectivity index (χ4v) is 2.06. The lowest BCUT2D eigenvalue weighted by Crippen LogP contribution is -1.99. The van der Waals surface area contributed by atoms with Crippen LogP contribution < -0.4 is 0 Å². The Morgan fingerprint density at radius 3 is 2.42 bits per heavy atom. The van der Waals surface area contributed by atoms with Gasteiger partial charge in [-0.15, -0.1) is 0 Å². The highest BCUT2D eigenvalue weighted by molar-refractivity contribution is 6.27. The van der Waals surface area contributed by atoms with Gasteiger partial charge < -0.3 is 0 Å². The van der Waals surface area contributed by atoms with E-state index in [0.717, 1.165) is 12.1 Å². The molecule has 0 amide bonds. The first-order valence-electron chi connectivity index (χ1n) is 5.28. The van der Waals surface area contributed by atoms with Crippen molar-refractivity contribution in [1.29, 1.82) is 5.26 Å². The second-order valence-electron chi connectivity index (χ2n) is 3.76. The van der Waals surface area contributed by atoms with Crippen molar-refractivity contribution in [3.8, 4) is 6.07 Å². The van der Waals surface area contributed by atoms with Gasteiger partial charge in [-0.3, -0.25) is 4.79 Å². The van der Waals surface area contributed by atoms with Gasteiger partial charge in [-0.2, -0.15) is 0 Å². The van der Waals surface area contributed by atoms with Crippen LogP contribution in [0.2, 0.25) is 0 Å². The molecule has 92 valence electrons. The second-order valence-corrected chi connectivity index (χ2v) is 3.76. The van der Waals surface area contributed by atoms with E-state index >= 15 is 0 Å². The lowest BCUT2D eigenvalue weighted by molar-refractivity contribution is 0.103. The SMILES string of the molecule is [C-]#[N+]/C(C#N)=C1\C(=C\C)C(=O)c2c(F)ccc(F)c21. The maximum atomic E-state index is 13.8. The van der Waals surface area contributed by atoms with Crippen molar-refractivity contribution < 1.29 is 13.6 Å². The normalized spacial score (nSPS) is 17.9. The summed E-state index contributed by atoms with van der Waals surface area (Å²) in [4.78, 5) is 15.0. The van der Waals surface area contributed by atoms with E-state index in [1.807, 2.05) is 0 Å². The third-order valence-electron chi connectivity index (χ3n) is 2.84. The lowest BCUT2D eigenvalue weighted by Gasteiger charge is -2.03. The smallest absolute Gasteiger partial charge is 0.270 e. The van der Waals surface area contributed by atoms with Gasteiger partial charge in [-0.25, -0.2) is 18.9 Å². The average molecular weight is 256 g/mol. The number of hydrogen-bond acceptors (Lipinski definition) is 2. The van der Waals surface area contributed by atoms with E-state index in [1.54, 1.807) is 6.07 Å². The van der Waals surface area contributed by atoms with Crippen LogP contribution in [0.1, 0.15) is 22.8 Å². The summed E-state index contributed by atoms with van der Waals surface area (Å²) in [6.07, 6.45) is 1.35. The minimum absolute atomic E-state index is 0.0217. The number of hydrogen-bond donors (Lipinski definition) is 0. The molecule has 0 heterocycles. The van der Waals surface area contributed by atoms with E-state index < -0.39 is 28.7 Å². The number of carbonyl (C=O) groups excluding carboxylic acids is 1. The molecule has 3 nitrogen and oxygen atoms in total. The first kappa shape index (κ1) is 12.7. The molecule has 2 rings (SSSR count). The van der Waals surface area contributed by atoms with Crippen LogP contribution in [0.5, 0.6) is 0 Å². The first-order valence-corrected chi connectivity index (χ1v) is 5.28. The molecular weight excluding hydrogens is 250 g/mol. The molecule has 19 heavy (non-hydrogen) atoms. The van der Waals surface area contributed by atoms with Crippen LogP contribution in [0.15, 0.2) is 29.5 Å². The fraction of sp³-hybridized carbons (Fsp3) is 0.0714. The Morgan fingerprint density at radius 2 is 1.95 bits per heavy atom. The quantitative estimate of drug-likeness (QED) is 0.406. The monoisotopic (exact) mass is 256 g/mol. The van der Waals surface area contributed by atoms with E-state index in [2.05, 4.69) is 4.85 Å². The largest absolute Gasteiger partial charge is 0.289 e. The van der Waals surface area contributed by atoms with Crippen molar-refractivity contribution in [2.75, 3.05) is 0 Å². The molecule has 0 aromatic heterocycles. The molecule has 0 N–H and O–H groups in total. The maximum Gasteiger partial charge on any atom is 0.270 e. The maximum absolute atomic E-state index is 13.8. The van der Waals surface area contributed by atoms with E-state index in [-0.39, 0.29) is 16.7 Å². The van der Waals surface area contributed by atoms with E-state index in [1.165, 1.54) is 13.0 Å². The molecule has 0 saturated carbocycles. The van der Waals surface area contributed by atoms with Gasteiger partial charge in [0.2, 0.25) is 0 Å². The lowest BCUT2D eigenvalue weighted by atomic mass is 10.0. The van der Waals surface area contributed by atoms with E-state index in [0.29, 0.717) is 0 Å². The van der Waals surface area contributed by atoms with Crippen molar-refractivity contribution in [2.45, 2.75) is 6.92 Å². The summed E-state index contributed by atoms with van der Waals surface area (Å²) >= 11 is 0. The van der Waals surface area contributed by atoms with Crippen LogP contribution in [0.25, 0.3) is 10.4 Å². The topological polar surface area (TPSA) is 45.2 Å². The molecule has 1 aliphatic rings. The number of nitriles is 1. The zero-order valence-electron chi connectivity index (χ0n) is 9.79. The van der Waals surface area contributed by atoms with Gasteiger partial charge in [-0.1, -0.05) is 6.08 Å². The van der Waals surface area contributed by atoms with E-state index in [4.69, 9.17) is 11.8 Å². The van der Waals surface area contributed by atoms with Gasteiger partial charge in [0, 0.05) is 16.7 Å². The standard InChI is InChI=1S/C14H6F2N2O/c1-3-7-11(10(6-17)18-2)12-8(15)4-5-9(16)13(12)14(7)19/h3-5H,1H3/b7-3-,11-10+. The van der Waals surface area contributed by atoms with Crippen molar-refractivity contribution in [3.63, 3.8) is 0 Å². The third kappa shape index (κ3) is 1.64. The zero-order chi connectivity index (χ0) is 14.2. The average Bonchev–Trinajstić information content (AvgIpc) is 2.70. The summed E-state index contributed by atoms with van der Waals surface area (Å²) in [5.41, 5.74) is -1.29. The number of allylic oxidation sites excluding steroid dienone is 4. The Kier molecular flexibility index (Phi) is 2.98. The summed E-state index contributed by atoms with van der Waals surface area (Å²) < 4.78 is 27.5. The summed E-state index contributed by atoms with van der Waals surface area (Å²) in [5.74, 6) is -2.40. The van der Waals surface area contributed by atoms with E-state index in [9.17, 15) is 13.6 Å². The Morgan fingerprint density at radius 1 is 1.37 bits per heavy atom. The van der Waals surface area contributed by atoms with Gasteiger partial charge in [0.05, 0.1) is 18.2 Å². The van der Waals surface area contributed by atoms with Crippen LogP contribution in [0.4, 0.5) is 8.78 Å². The molecule has 0 spiro atoms. The molecular formula is C14H6F2N2O. The molecule has 0 atom stereocenters. The number of rotatable bonds is 0. The van der Waals surface area contributed by atoms with Gasteiger partial charge in [0.1, 0.15) is 11.6 Å². The molecule has 1 aromatic carbocycles. The molecule has 0 bridgehead atoms. The zero-order valence-corrected chi connectivity index (χ0v) is 9.79. The number of benzene rings is 1. The molecule has 5 heteroatoms. The Hall–Kier alpha value is -2.79. The molecule has 0 aliphatic heterocycles. The Balaban J connectivity index is 3.00. The van der Waals surface area contributed by atoms with Crippen molar-refractivity contribution in [3.05, 3.63) is 63.7 Å². The van der Waals surface area contributed by atoms with Crippen molar-refractivity contribution in [2.24, 2.45) is 0 Å². The van der Waals surface area contributed by atoms with Crippen LogP contribution >= 0.6 is 0 Å². The fourth-order valence-electron chi connectivity index (χ4n) is 2.06. The number of ketones is 1. The number of carbonyl (C=O) groups is 1. The number of Topliss-reactive ketones (excluding diaryl/α,β-unsaturated/α-hetero) is 1. The third-order valence-corrected chi connectivity index (χ3v) is 2.84. The highest BCUT2D eigenvalue weighted by Gasteiger charge is 2.36. The van der Waals surface area contributed by atoms with Crippen LogP contribution in [-0.2, 0) is 0 Å². The Bertz CT molecular complexity index is 730. The molecule has 0 saturated heterocycles. The van der Waals surface area contributed by atoms with Crippen LogP contribution in [0.3, 0.4) is 0 Å². The Labute approximate surface area is 107 Å². The molecule has 1 aliphatic carbocycles. The van der Waals surface area contributed by atoms with Gasteiger partial charge >= 0.3 is 0 Å². The summed E-state index contributed by atoms with van der Waals surface area (Å²) in [6, 6.07) is 3.34. The molecule has 0 radical (unpaired) electrons. The highest BCUT2D eigenvalue weighted by atomic mass is 19.1. The van der Waals surface area contributed by atoms with Crippen LogP contribution in [0, 0.1) is 29.5 Å². The van der Waals surface area contributed by atoms with Gasteiger partial charge in [0.15, 0.2) is 5.78 Å². The second kappa shape index (κ2) is 4.47. The number of fused-ring (bicyclic) bond motifs is 1.